The molecule has 0 unspecified atom stereocenters. The van der Waals surface area contributed by atoms with E-state index in [1.807, 2.05) is 11.3 Å². The van der Waals surface area contributed by atoms with E-state index in [2.05, 4.69) is 193 Å². The lowest BCUT2D eigenvalue weighted by molar-refractivity contribution is -0.0399. The van der Waals surface area contributed by atoms with Crippen LogP contribution in [0.5, 0.6) is 0 Å². The number of hydrogen-bond donors (Lipinski definition) is 0. The highest BCUT2D eigenvalue weighted by atomic mass is 32.1. The zero-order chi connectivity index (χ0) is 39.4. The van der Waals surface area contributed by atoms with Gasteiger partial charge in [-0.3, -0.25) is 0 Å². The highest BCUT2D eigenvalue weighted by molar-refractivity contribution is 7.25. The number of benzene rings is 8. The molecule has 1 nitrogen and oxygen atoms in total. The second-order valence-corrected chi connectivity index (χ2v) is 19.2. The maximum absolute atomic E-state index is 2.61. The first kappa shape index (κ1) is 34.6. The van der Waals surface area contributed by atoms with Crippen molar-refractivity contribution < 1.29 is 0 Å². The van der Waals surface area contributed by atoms with Crippen LogP contribution in [0.15, 0.2) is 188 Å². The monoisotopic (exact) mass is 787 g/mol. The molecule has 0 atom stereocenters. The van der Waals surface area contributed by atoms with Crippen molar-refractivity contribution in [2.24, 2.45) is 23.7 Å². The molecule has 4 bridgehead atoms. The van der Waals surface area contributed by atoms with Crippen LogP contribution < -0.4 is 4.90 Å². The first-order valence-corrected chi connectivity index (χ1v) is 22.8. The molecule has 0 aliphatic heterocycles. The summed E-state index contributed by atoms with van der Waals surface area (Å²) in [4.78, 5) is 2.40. The second kappa shape index (κ2) is 13.4. The summed E-state index contributed by atoms with van der Waals surface area (Å²) in [5.74, 6) is 3.45. The highest BCUT2D eigenvalue weighted by Gasteiger charge is 2.61. The SMILES string of the molecule is c1ccc(-c2ccc(N(c3ccc(-c4ccc(-c5ccc6c(c5)C5(c7ccccc7-6)C6CC7CC(C6)CC5C7)cc4)cc3)c3ccc4c(c3)sc3ccccc34)cc2)cc1. The third-order valence-electron chi connectivity index (χ3n) is 15.1. The summed E-state index contributed by atoms with van der Waals surface area (Å²) < 4.78 is 2.63. The molecule has 2 heteroatoms. The molecule has 1 heterocycles. The molecule has 8 aromatic carbocycles. The molecule has 5 aliphatic carbocycles. The Hall–Kier alpha value is -6.22. The van der Waals surface area contributed by atoms with Crippen LogP contribution in [0.3, 0.4) is 0 Å². The Labute approximate surface area is 356 Å². The molecular weight excluding hydrogens is 743 g/mol. The predicted molar refractivity (Wildman–Crippen MR) is 254 cm³/mol. The van der Waals surface area contributed by atoms with Gasteiger partial charge in [0.2, 0.25) is 0 Å². The van der Waals surface area contributed by atoms with Crippen molar-refractivity contribution in [3.8, 4) is 44.5 Å². The summed E-state index contributed by atoms with van der Waals surface area (Å²) in [5.41, 5.74) is 17.4. The lowest BCUT2D eigenvalue weighted by Crippen LogP contribution is -2.55. The molecule has 60 heavy (non-hydrogen) atoms. The van der Waals surface area contributed by atoms with Gasteiger partial charge >= 0.3 is 0 Å². The first-order chi connectivity index (χ1) is 29.7. The van der Waals surface area contributed by atoms with Crippen LogP contribution in [0.1, 0.15) is 43.2 Å². The van der Waals surface area contributed by atoms with E-state index in [1.165, 1.54) is 96.8 Å². The number of fused-ring (bicyclic) bond motifs is 6. The number of nitrogens with zero attached hydrogens (tertiary/aromatic N) is 1. The third kappa shape index (κ3) is 5.23. The third-order valence-corrected chi connectivity index (χ3v) is 16.2. The maximum Gasteiger partial charge on any atom is 0.0476 e. The molecule has 9 aromatic rings. The lowest BCUT2D eigenvalue weighted by Gasteiger charge is -2.61. The normalized spacial score (nSPS) is 22.1. The van der Waals surface area contributed by atoms with Crippen LogP contribution in [0, 0.1) is 23.7 Å². The van der Waals surface area contributed by atoms with Gasteiger partial charge in [-0.15, -0.1) is 11.3 Å². The largest absolute Gasteiger partial charge is 0.310 e. The molecule has 14 rings (SSSR count). The average Bonchev–Trinajstić information content (AvgIpc) is 3.82. The van der Waals surface area contributed by atoms with Gasteiger partial charge in [-0.2, -0.15) is 0 Å². The summed E-state index contributed by atoms with van der Waals surface area (Å²) >= 11 is 1.87. The van der Waals surface area contributed by atoms with Crippen molar-refractivity contribution in [1.82, 2.24) is 0 Å². The molecule has 5 aliphatic rings. The molecule has 4 fully saturated rings. The Balaban J connectivity index is 0.834. The average molecular weight is 788 g/mol. The van der Waals surface area contributed by atoms with Gasteiger partial charge in [0, 0.05) is 42.6 Å². The van der Waals surface area contributed by atoms with E-state index in [0.717, 1.165) is 40.7 Å². The Morgan fingerprint density at radius 1 is 0.367 bits per heavy atom. The first-order valence-electron chi connectivity index (χ1n) is 22.0. The molecule has 0 saturated heterocycles. The molecular formula is C58H45NS. The summed E-state index contributed by atoms with van der Waals surface area (Å²) in [7, 11) is 0. The minimum absolute atomic E-state index is 0.193. The minimum Gasteiger partial charge on any atom is -0.310 e. The van der Waals surface area contributed by atoms with E-state index in [-0.39, 0.29) is 5.41 Å². The van der Waals surface area contributed by atoms with E-state index in [4.69, 9.17) is 0 Å². The van der Waals surface area contributed by atoms with Crippen LogP contribution in [-0.2, 0) is 5.41 Å². The van der Waals surface area contributed by atoms with Crippen molar-refractivity contribution in [3.05, 3.63) is 199 Å². The fraction of sp³-hybridized carbons (Fsp3) is 0.172. The summed E-state index contributed by atoms with van der Waals surface area (Å²) in [6, 6.07) is 70.7. The molecule has 0 radical (unpaired) electrons. The maximum atomic E-state index is 2.61. The standard InChI is InChI=1S/C58H45NS/c1-2-8-39(9-3-1)41-18-23-47(24-19-41)59(49-27-29-53-52-11-5-7-13-56(52)60-57(53)36-49)48-25-20-42(21-26-48)40-14-16-43(17-15-40)44-22-28-51-50-10-4-6-12-54(50)58(55(51)35-44)45-31-37-30-38(33-45)34-46(58)32-37/h1-29,35-38,45-46H,30-34H2. The molecule has 1 aromatic heterocycles. The second-order valence-electron chi connectivity index (χ2n) is 18.1. The van der Waals surface area contributed by atoms with E-state index < -0.39 is 0 Å². The molecule has 0 N–H and O–H groups in total. The summed E-state index contributed by atoms with van der Waals surface area (Å²) in [6.07, 6.45) is 7.14. The molecule has 4 saturated carbocycles. The minimum atomic E-state index is 0.193. The van der Waals surface area contributed by atoms with Gasteiger partial charge in [0.1, 0.15) is 0 Å². The van der Waals surface area contributed by atoms with Crippen LogP contribution in [-0.4, -0.2) is 0 Å². The number of rotatable bonds is 6. The van der Waals surface area contributed by atoms with Crippen molar-refractivity contribution in [3.63, 3.8) is 0 Å². The van der Waals surface area contributed by atoms with Crippen LogP contribution >= 0.6 is 11.3 Å². The van der Waals surface area contributed by atoms with Crippen LogP contribution in [0.25, 0.3) is 64.7 Å². The van der Waals surface area contributed by atoms with E-state index in [1.54, 1.807) is 11.1 Å². The van der Waals surface area contributed by atoms with Crippen molar-refractivity contribution in [1.29, 1.82) is 0 Å². The predicted octanol–water partition coefficient (Wildman–Crippen LogP) is 16.2. The Kier molecular flexibility index (Phi) is 7.73. The summed E-state index contributed by atoms with van der Waals surface area (Å²) in [5, 5.41) is 2.64. The van der Waals surface area contributed by atoms with E-state index in [9.17, 15) is 0 Å². The molecule has 288 valence electrons. The van der Waals surface area contributed by atoms with Gasteiger partial charge in [-0.1, -0.05) is 140 Å². The zero-order valence-corrected chi connectivity index (χ0v) is 34.4. The van der Waals surface area contributed by atoms with Crippen LogP contribution in [0.4, 0.5) is 17.1 Å². The van der Waals surface area contributed by atoms with E-state index >= 15 is 0 Å². The van der Waals surface area contributed by atoms with Gasteiger partial charge in [0.15, 0.2) is 0 Å². The lowest BCUT2D eigenvalue weighted by atomic mass is 9.43. The van der Waals surface area contributed by atoms with Gasteiger partial charge in [-0.05, 0) is 160 Å². The van der Waals surface area contributed by atoms with Crippen LogP contribution in [0.2, 0.25) is 0 Å². The van der Waals surface area contributed by atoms with Crippen molar-refractivity contribution >= 4 is 48.6 Å². The zero-order valence-electron chi connectivity index (χ0n) is 33.6. The number of thiophene rings is 1. The fourth-order valence-corrected chi connectivity index (χ4v) is 13.9. The smallest absolute Gasteiger partial charge is 0.0476 e. The summed E-state index contributed by atoms with van der Waals surface area (Å²) in [6.45, 7) is 0. The topological polar surface area (TPSA) is 3.24 Å². The number of hydrogen-bond acceptors (Lipinski definition) is 2. The van der Waals surface area contributed by atoms with Crippen molar-refractivity contribution in [2.45, 2.75) is 37.5 Å². The van der Waals surface area contributed by atoms with Gasteiger partial charge < -0.3 is 4.90 Å². The fourth-order valence-electron chi connectivity index (χ4n) is 12.7. The van der Waals surface area contributed by atoms with Gasteiger partial charge in [0.05, 0.1) is 0 Å². The van der Waals surface area contributed by atoms with Gasteiger partial charge in [-0.25, -0.2) is 0 Å². The highest BCUT2D eigenvalue weighted by Crippen LogP contribution is 2.69. The Morgan fingerprint density at radius 3 is 1.55 bits per heavy atom. The van der Waals surface area contributed by atoms with Crippen molar-refractivity contribution in [2.75, 3.05) is 4.90 Å². The number of anilines is 3. The van der Waals surface area contributed by atoms with Gasteiger partial charge in [0.25, 0.3) is 0 Å². The Morgan fingerprint density at radius 2 is 0.867 bits per heavy atom. The Bertz CT molecular complexity index is 3050. The van der Waals surface area contributed by atoms with E-state index in [0.29, 0.717) is 0 Å². The quantitative estimate of drug-likeness (QED) is 0.162. The molecule has 0 amide bonds. The molecule has 1 spiro atoms.